The Hall–Kier alpha value is -2.12. The molecule has 0 unspecified atom stereocenters. The number of primary amides is 1. The molecule has 0 spiro atoms. The normalized spacial score (nSPS) is 10.2. The Morgan fingerprint density at radius 3 is 2.67 bits per heavy atom. The number of halogens is 1. The topological polar surface area (TPSA) is 118 Å². The highest BCUT2D eigenvalue weighted by Crippen LogP contribution is 2.07. The Bertz CT molecular complexity index is 504. The van der Waals surface area contributed by atoms with Gasteiger partial charge in [0, 0.05) is 13.0 Å². The number of amides is 1. The highest BCUT2D eigenvalue weighted by molar-refractivity contribution is 5.73. The molecule has 0 aromatic carbocycles. The Morgan fingerprint density at radius 2 is 2.13 bits per heavy atom. The first-order chi connectivity index (χ1) is 6.93. The SMILES string of the molecule is NC(=O)CCn1c(O)c(F)c(=O)[nH]c1=O. The van der Waals surface area contributed by atoms with Crippen molar-refractivity contribution in [3.8, 4) is 5.88 Å². The van der Waals surface area contributed by atoms with Crippen LogP contribution in [-0.2, 0) is 11.3 Å². The number of H-pyrrole nitrogens is 1. The van der Waals surface area contributed by atoms with Gasteiger partial charge in [0.2, 0.25) is 17.6 Å². The number of rotatable bonds is 3. The molecule has 8 heteroatoms. The van der Waals surface area contributed by atoms with Crippen LogP contribution in [0, 0.1) is 5.82 Å². The summed E-state index contributed by atoms with van der Waals surface area (Å²) in [5.74, 6) is -3.29. The largest absolute Gasteiger partial charge is 0.492 e. The Balaban J connectivity index is 3.19. The maximum absolute atomic E-state index is 12.8. The van der Waals surface area contributed by atoms with Crippen LogP contribution in [0.1, 0.15) is 6.42 Å². The Labute approximate surface area is 82.0 Å². The molecule has 0 aliphatic heterocycles. The summed E-state index contributed by atoms with van der Waals surface area (Å²) in [7, 11) is 0. The molecular formula is C7H8FN3O4. The minimum Gasteiger partial charge on any atom is -0.492 e. The van der Waals surface area contributed by atoms with Crippen LogP contribution in [0.5, 0.6) is 5.88 Å². The number of hydrogen-bond acceptors (Lipinski definition) is 4. The molecular weight excluding hydrogens is 209 g/mol. The molecule has 0 fully saturated rings. The average Bonchev–Trinajstić information content (AvgIpc) is 2.14. The van der Waals surface area contributed by atoms with Gasteiger partial charge in [-0.15, -0.1) is 0 Å². The standard InChI is InChI=1S/C7H8FN3O4/c8-4-5(13)10-7(15)11(6(4)14)2-1-3(9)12/h14H,1-2H2,(H2,9,12)(H,10,13,15). The predicted molar refractivity (Wildman–Crippen MR) is 46.8 cm³/mol. The maximum Gasteiger partial charge on any atom is 0.331 e. The van der Waals surface area contributed by atoms with Gasteiger partial charge in [-0.25, -0.2) is 4.79 Å². The molecule has 7 nitrogen and oxygen atoms in total. The van der Waals surface area contributed by atoms with E-state index in [-0.39, 0.29) is 13.0 Å². The second-order valence-corrected chi connectivity index (χ2v) is 2.76. The predicted octanol–water partition coefficient (Wildman–Crippen LogP) is -1.74. The van der Waals surface area contributed by atoms with Gasteiger partial charge >= 0.3 is 5.69 Å². The van der Waals surface area contributed by atoms with E-state index in [2.05, 4.69) is 0 Å². The van der Waals surface area contributed by atoms with Crippen molar-refractivity contribution >= 4 is 5.91 Å². The third-order valence-corrected chi connectivity index (χ3v) is 1.70. The third kappa shape index (κ3) is 2.22. The molecule has 1 aromatic heterocycles. The first-order valence-corrected chi connectivity index (χ1v) is 3.93. The zero-order chi connectivity index (χ0) is 11.6. The molecule has 4 N–H and O–H groups in total. The molecule has 15 heavy (non-hydrogen) atoms. The average molecular weight is 217 g/mol. The van der Waals surface area contributed by atoms with E-state index in [0.717, 1.165) is 0 Å². The molecule has 1 heterocycles. The number of aromatic amines is 1. The second-order valence-electron chi connectivity index (χ2n) is 2.76. The number of aromatic nitrogens is 2. The van der Waals surface area contributed by atoms with E-state index in [1.54, 1.807) is 4.98 Å². The number of hydrogen-bond donors (Lipinski definition) is 3. The van der Waals surface area contributed by atoms with Crippen molar-refractivity contribution in [1.29, 1.82) is 0 Å². The van der Waals surface area contributed by atoms with Crippen LogP contribution >= 0.6 is 0 Å². The van der Waals surface area contributed by atoms with Gasteiger partial charge in [-0.3, -0.25) is 19.1 Å². The highest BCUT2D eigenvalue weighted by Gasteiger charge is 2.13. The number of nitrogens with zero attached hydrogens (tertiary/aromatic N) is 1. The molecule has 0 bridgehead atoms. The molecule has 82 valence electrons. The van der Waals surface area contributed by atoms with Crippen molar-refractivity contribution in [2.24, 2.45) is 5.73 Å². The van der Waals surface area contributed by atoms with E-state index < -0.39 is 28.9 Å². The summed E-state index contributed by atoms with van der Waals surface area (Å²) in [4.78, 5) is 33.8. The van der Waals surface area contributed by atoms with Crippen molar-refractivity contribution in [3.63, 3.8) is 0 Å². The van der Waals surface area contributed by atoms with E-state index in [9.17, 15) is 18.8 Å². The number of nitrogens with two attached hydrogens (primary N) is 1. The van der Waals surface area contributed by atoms with Gasteiger partial charge in [0.05, 0.1) is 0 Å². The Kier molecular flexibility index (Phi) is 2.88. The summed E-state index contributed by atoms with van der Waals surface area (Å²) < 4.78 is 13.3. The minimum atomic E-state index is -1.47. The maximum atomic E-state index is 12.8. The summed E-state index contributed by atoms with van der Waals surface area (Å²) >= 11 is 0. The number of nitrogens with one attached hydrogen (secondary N) is 1. The monoisotopic (exact) mass is 217 g/mol. The zero-order valence-electron chi connectivity index (χ0n) is 7.49. The summed E-state index contributed by atoms with van der Waals surface area (Å²) in [6, 6.07) is 0. The van der Waals surface area contributed by atoms with Gasteiger partial charge in [-0.05, 0) is 0 Å². The van der Waals surface area contributed by atoms with Crippen LogP contribution in [0.15, 0.2) is 9.59 Å². The van der Waals surface area contributed by atoms with Gasteiger partial charge in [-0.1, -0.05) is 0 Å². The molecule has 1 amide bonds. The molecule has 0 saturated heterocycles. The number of carbonyl (C=O) groups is 1. The summed E-state index contributed by atoms with van der Waals surface area (Å²) in [6.45, 7) is -0.298. The van der Waals surface area contributed by atoms with Gasteiger partial charge in [0.1, 0.15) is 0 Å². The van der Waals surface area contributed by atoms with Crippen molar-refractivity contribution in [2.75, 3.05) is 0 Å². The van der Waals surface area contributed by atoms with Crippen molar-refractivity contribution in [3.05, 3.63) is 26.7 Å². The number of aromatic hydroxyl groups is 1. The lowest BCUT2D eigenvalue weighted by Crippen LogP contribution is -2.32. The molecule has 0 radical (unpaired) electrons. The Morgan fingerprint density at radius 1 is 1.53 bits per heavy atom. The van der Waals surface area contributed by atoms with Crippen molar-refractivity contribution in [1.82, 2.24) is 9.55 Å². The fourth-order valence-corrected chi connectivity index (χ4v) is 0.965. The van der Waals surface area contributed by atoms with Crippen LogP contribution in [0.2, 0.25) is 0 Å². The van der Waals surface area contributed by atoms with E-state index in [1.807, 2.05) is 0 Å². The third-order valence-electron chi connectivity index (χ3n) is 1.70. The van der Waals surface area contributed by atoms with Gasteiger partial charge in [0.25, 0.3) is 5.56 Å². The van der Waals surface area contributed by atoms with Gasteiger partial charge < -0.3 is 10.8 Å². The molecule has 0 aliphatic rings. The molecule has 0 aliphatic carbocycles. The second kappa shape index (κ2) is 3.95. The smallest absolute Gasteiger partial charge is 0.331 e. The lowest BCUT2D eigenvalue weighted by Gasteiger charge is -2.05. The van der Waals surface area contributed by atoms with E-state index in [0.29, 0.717) is 4.57 Å². The molecule has 1 aromatic rings. The van der Waals surface area contributed by atoms with Gasteiger partial charge in [-0.2, -0.15) is 4.39 Å². The molecule has 0 saturated carbocycles. The van der Waals surface area contributed by atoms with Crippen LogP contribution in [0.25, 0.3) is 0 Å². The van der Waals surface area contributed by atoms with Crippen LogP contribution in [0.3, 0.4) is 0 Å². The van der Waals surface area contributed by atoms with Crippen LogP contribution in [0.4, 0.5) is 4.39 Å². The molecule has 0 atom stereocenters. The summed E-state index contributed by atoms with van der Waals surface area (Å²) in [5, 5.41) is 9.09. The van der Waals surface area contributed by atoms with Gasteiger partial charge in [0.15, 0.2) is 0 Å². The summed E-state index contributed by atoms with van der Waals surface area (Å²) in [5.41, 5.74) is 2.49. The van der Waals surface area contributed by atoms with E-state index in [1.165, 1.54) is 0 Å². The van der Waals surface area contributed by atoms with E-state index >= 15 is 0 Å². The first-order valence-electron chi connectivity index (χ1n) is 3.93. The van der Waals surface area contributed by atoms with Crippen LogP contribution in [-0.4, -0.2) is 20.6 Å². The number of carbonyl (C=O) groups excluding carboxylic acids is 1. The zero-order valence-corrected chi connectivity index (χ0v) is 7.49. The van der Waals surface area contributed by atoms with Crippen molar-refractivity contribution in [2.45, 2.75) is 13.0 Å². The van der Waals surface area contributed by atoms with E-state index in [4.69, 9.17) is 10.8 Å². The lowest BCUT2D eigenvalue weighted by molar-refractivity contribution is -0.118. The van der Waals surface area contributed by atoms with Crippen LogP contribution < -0.4 is 17.0 Å². The quantitative estimate of drug-likeness (QED) is 0.556. The molecule has 1 rings (SSSR count). The highest BCUT2D eigenvalue weighted by atomic mass is 19.1. The summed E-state index contributed by atoms with van der Waals surface area (Å²) in [6.07, 6.45) is -0.251. The lowest BCUT2D eigenvalue weighted by atomic mass is 10.4. The fraction of sp³-hybridized carbons (Fsp3) is 0.286. The van der Waals surface area contributed by atoms with Crippen molar-refractivity contribution < 1.29 is 14.3 Å². The minimum absolute atomic E-state index is 0.251. The fourth-order valence-electron chi connectivity index (χ4n) is 0.965. The first kappa shape index (κ1) is 11.0.